The molecule has 118 valence electrons. The molecule has 1 aromatic carbocycles. The highest BCUT2D eigenvalue weighted by molar-refractivity contribution is 5.79. The molecule has 0 amide bonds. The third kappa shape index (κ3) is 7.43. The second-order valence-corrected chi connectivity index (χ2v) is 4.78. The minimum Gasteiger partial charge on any atom is -0.484 e. The predicted molar refractivity (Wildman–Crippen MR) is 76.5 cm³/mol. The van der Waals surface area contributed by atoms with Gasteiger partial charge in [-0.2, -0.15) is 13.2 Å². The number of benzene rings is 1. The van der Waals surface area contributed by atoms with E-state index in [1.807, 2.05) is 13.8 Å². The van der Waals surface area contributed by atoms with Crippen LogP contribution in [0, 0.1) is 0 Å². The summed E-state index contributed by atoms with van der Waals surface area (Å²) in [5, 5.41) is 6.20. The molecule has 0 radical (unpaired) electrons. The first-order valence-corrected chi connectivity index (χ1v) is 6.56. The van der Waals surface area contributed by atoms with Crippen molar-refractivity contribution < 1.29 is 17.9 Å². The van der Waals surface area contributed by atoms with Gasteiger partial charge in [0.2, 0.25) is 0 Å². The quantitative estimate of drug-likeness (QED) is 0.649. The lowest BCUT2D eigenvalue weighted by Gasteiger charge is -2.15. The van der Waals surface area contributed by atoms with Crippen molar-refractivity contribution in [3.63, 3.8) is 0 Å². The minimum absolute atomic E-state index is 0.193. The van der Waals surface area contributed by atoms with Gasteiger partial charge in [0, 0.05) is 19.6 Å². The molecule has 7 heteroatoms. The van der Waals surface area contributed by atoms with Crippen LogP contribution in [0.1, 0.15) is 19.4 Å². The zero-order valence-corrected chi connectivity index (χ0v) is 12.3. The Hall–Kier alpha value is -1.92. The standard InChI is InChI=1S/C14H20F3N3O/c1-10(2)20-13(18-3)19-8-11-5-4-6-12(7-11)21-9-14(15,16)17/h4-7,10H,8-9H2,1-3H3,(H2,18,19,20). The van der Waals surface area contributed by atoms with Crippen LogP contribution in [-0.4, -0.2) is 31.8 Å². The van der Waals surface area contributed by atoms with Gasteiger partial charge in [0.1, 0.15) is 5.75 Å². The molecule has 0 aromatic heterocycles. The van der Waals surface area contributed by atoms with Crippen LogP contribution in [-0.2, 0) is 6.54 Å². The molecule has 0 unspecified atom stereocenters. The number of guanidine groups is 1. The second-order valence-electron chi connectivity index (χ2n) is 4.78. The summed E-state index contributed by atoms with van der Waals surface area (Å²) in [7, 11) is 1.65. The third-order valence-corrected chi connectivity index (χ3v) is 2.41. The van der Waals surface area contributed by atoms with Crippen molar-refractivity contribution in [1.29, 1.82) is 0 Å². The lowest BCUT2D eigenvalue weighted by molar-refractivity contribution is -0.153. The van der Waals surface area contributed by atoms with Gasteiger partial charge in [0.25, 0.3) is 0 Å². The Morgan fingerprint density at radius 3 is 2.62 bits per heavy atom. The third-order valence-electron chi connectivity index (χ3n) is 2.41. The molecule has 1 aromatic rings. The van der Waals surface area contributed by atoms with Gasteiger partial charge in [-0.05, 0) is 31.5 Å². The van der Waals surface area contributed by atoms with Crippen LogP contribution in [0.25, 0.3) is 0 Å². The number of hydrogen-bond donors (Lipinski definition) is 2. The zero-order valence-electron chi connectivity index (χ0n) is 12.3. The van der Waals surface area contributed by atoms with Crippen LogP contribution < -0.4 is 15.4 Å². The van der Waals surface area contributed by atoms with Crippen LogP contribution in [0.5, 0.6) is 5.75 Å². The Morgan fingerprint density at radius 1 is 1.33 bits per heavy atom. The Labute approximate surface area is 122 Å². The van der Waals surface area contributed by atoms with Crippen molar-refractivity contribution in [2.75, 3.05) is 13.7 Å². The highest BCUT2D eigenvalue weighted by atomic mass is 19.4. The SMILES string of the molecule is CN=C(NCc1cccc(OCC(F)(F)F)c1)NC(C)C. The maximum absolute atomic E-state index is 12.1. The number of ether oxygens (including phenoxy) is 1. The largest absolute Gasteiger partial charge is 0.484 e. The summed E-state index contributed by atoms with van der Waals surface area (Å²) in [4.78, 5) is 4.05. The molecule has 0 aliphatic rings. The van der Waals surface area contributed by atoms with Gasteiger partial charge >= 0.3 is 6.18 Å². The average molecular weight is 303 g/mol. The molecular weight excluding hydrogens is 283 g/mol. The van der Waals surface area contributed by atoms with Crippen LogP contribution in [0.4, 0.5) is 13.2 Å². The van der Waals surface area contributed by atoms with Crippen molar-refractivity contribution in [2.45, 2.75) is 32.6 Å². The van der Waals surface area contributed by atoms with Gasteiger partial charge in [-0.15, -0.1) is 0 Å². The highest BCUT2D eigenvalue weighted by Gasteiger charge is 2.28. The predicted octanol–water partition coefficient (Wildman–Crippen LogP) is 2.70. The number of halogens is 3. The molecule has 21 heavy (non-hydrogen) atoms. The van der Waals surface area contributed by atoms with E-state index < -0.39 is 12.8 Å². The molecule has 1 rings (SSSR count). The van der Waals surface area contributed by atoms with Crippen LogP contribution in [0.3, 0.4) is 0 Å². The van der Waals surface area contributed by atoms with Gasteiger partial charge in [0.05, 0.1) is 0 Å². The lowest BCUT2D eigenvalue weighted by Crippen LogP contribution is -2.40. The molecule has 4 nitrogen and oxygen atoms in total. The van der Waals surface area contributed by atoms with E-state index in [0.717, 1.165) is 5.56 Å². The van der Waals surface area contributed by atoms with E-state index in [1.54, 1.807) is 25.2 Å². The van der Waals surface area contributed by atoms with Gasteiger partial charge in [-0.1, -0.05) is 12.1 Å². The van der Waals surface area contributed by atoms with Crippen LogP contribution in [0.2, 0.25) is 0 Å². The topological polar surface area (TPSA) is 45.7 Å². The summed E-state index contributed by atoms with van der Waals surface area (Å²) in [5.74, 6) is 0.824. The van der Waals surface area contributed by atoms with Crippen LogP contribution in [0.15, 0.2) is 29.3 Å². The van der Waals surface area contributed by atoms with E-state index in [9.17, 15) is 13.2 Å². The summed E-state index contributed by atoms with van der Waals surface area (Å²) >= 11 is 0. The summed E-state index contributed by atoms with van der Waals surface area (Å²) < 4.78 is 41.0. The highest BCUT2D eigenvalue weighted by Crippen LogP contribution is 2.19. The number of hydrogen-bond acceptors (Lipinski definition) is 2. The number of aliphatic imine (C=N–C) groups is 1. The minimum atomic E-state index is -4.34. The fourth-order valence-electron chi connectivity index (χ4n) is 1.56. The van der Waals surface area contributed by atoms with Crippen molar-refractivity contribution in [1.82, 2.24) is 10.6 Å². The lowest BCUT2D eigenvalue weighted by atomic mass is 10.2. The molecule has 0 aliphatic carbocycles. The molecule has 0 heterocycles. The van der Waals surface area contributed by atoms with E-state index in [1.165, 1.54) is 6.07 Å². The van der Waals surface area contributed by atoms with Crippen molar-refractivity contribution in [3.05, 3.63) is 29.8 Å². The van der Waals surface area contributed by atoms with Crippen molar-refractivity contribution in [3.8, 4) is 5.75 Å². The van der Waals surface area contributed by atoms with E-state index in [4.69, 9.17) is 4.74 Å². The van der Waals surface area contributed by atoms with E-state index in [0.29, 0.717) is 12.5 Å². The van der Waals surface area contributed by atoms with Crippen LogP contribution >= 0.6 is 0 Å². The summed E-state index contributed by atoms with van der Waals surface area (Å²) in [6.45, 7) is 3.12. The van der Waals surface area contributed by atoms with E-state index in [2.05, 4.69) is 15.6 Å². The molecule has 0 atom stereocenters. The summed E-state index contributed by atoms with van der Waals surface area (Å²) in [5.41, 5.74) is 0.807. The Morgan fingerprint density at radius 2 is 2.05 bits per heavy atom. The van der Waals surface area contributed by atoms with Crippen molar-refractivity contribution >= 4 is 5.96 Å². The maximum Gasteiger partial charge on any atom is 0.422 e. The van der Waals surface area contributed by atoms with Gasteiger partial charge in [-0.3, -0.25) is 4.99 Å². The van der Waals surface area contributed by atoms with Gasteiger partial charge in [0.15, 0.2) is 12.6 Å². The number of rotatable bonds is 5. The number of nitrogens with zero attached hydrogens (tertiary/aromatic N) is 1. The fraction of sp³-hybridized carbons (Fsp3) is 0.500. The first kappa shape index (κ1) is 17.1. The Kier molecular flexibility index (Phi) is 6.33. The molecule has 0 spiro atoms. The average Bonchev–Trinajstić information content (AvgIpc) is 2.40. The number of alkyl halides is 3. The molecule has 0 aliphatic heterocycles. The molecule has 0 saturated carbocycles. The first-order chi connectivity index (χ1) is 9.80. The summed E-state index contributed by atoms with van der Waals surface area (Å²) in [6, 6.07) is 6.76. The zero-order chi connectivity index (χ0) is 15.9. The molecular formula is C14H20F3N3O. The molecule has 2 N–H and O–H groups in total. The Bertz CT molecular complexity index is 473. The van der Waals surface area contributed by atoms with Gasteiger partial charge < -0.3 is 15.4 Å². The normalized spacial score (nSPS) is 12.4. The van der Waals surface area contributed by atoms with E-state index in [-0.39, 0.29) is 11.8 Å². The van der Waals surface area contributed by atoms with Gasteiger partial charge in [-0.25, -0.2) is 0 Å². The smallest absolute Gasteiger partial charge is 0.422 e. The molecule has 0 bridgehead atoms. The van der Waals surface area contributed by atoms with Crippen molar-refractivity contribution in [2.24, 2.45) is 4.99 Å². The summed E-state index contributed by atoms with van der Waals surface area (Å²) in [6.07, 6.45) is -4.34. The monoisotopic (exact) mass is 303 g/mol. The Balaban J connectivity index is 2.56. The maximum atomic E-state index is 12.1. The fourth-order valence-corrected chi connectivity index (χ4v) is 1.56. The van der Waals surface area contributed by atoms with E-state index >= 15 is 0 Å². The first-order valence-electron chi connectivity index (χ1n) is 6.56. The molecule has 0 saturated heterocycles. The molecule has 0 fully saturated rings. The number of nitrogens with one attached hydrogen (secondary N) is 2. The second kappa shape index (κ2) is 7.75.